The number of pyridine rings is 1. The highest BCUT2D eigenvalue weighted by Gasteiger charge is 2.23. The van der Waals surface area contributed by atoms with Crippen LogP contribution in [-0.4, -0.2) is 12.1 Å². The lowest BCUT2D eigenvalue weighted by atomic mass is 9.89. The van der Waals surface area contributed by atoms with Gasteiger partial charge in [-0.15, -0.1) is 0 Å². The van der Waals surface area contributed by atoms with Gasteiger partial charge >= 0.3 is 0 Å². The average Bonchev–Trinajstić information content (AvgIpc) is 2.61. The van der Waals surface area contributed by atoms with Gasteiger partial charge < -0.3 is 10.5 Å². The Morgan fingerprint density at radius 2 is 1.81 bits per heavy atom. The molecule has 0 spiro atoms. The Balaban J connectivity index is 2.48. The number of para-hydroxylation sites is 1. The molecule has 0 radical (unpaired) electrons. The van der Waals surface area contributed by atoms with Crippen LogP contribution in [0, 0.1) is 18.3 Å². The topological polar surface area (TPSA) is 71.9 Å². The van der Waals surface area contributed by atoms with Crippen molar-refractivity contribution in [2.45, 2.75) is 6.92 Å². The lowest BCUT2D eigenvalue weighted by Crippen LogP contribution is -2.04. The number of rotatable bonds is 3. The zero-order valence-corrected chi connectivity index (χ0v) is 15.7. The van der Waals surface area contributed by atoms with E-state index in [0.29, 0.717) is 32.6 Å². The first-order chi connectivity index (χ1) is 12.5. The second-order valence-electron chi connectivity index (χ2n) is 5.64. The van der Waals surface area contributed by atoms with E-state index < -0.39 is 0 Å². The Hall–Kier alpha value is -2.74. The average molecular weight is 384 g/mol. The van der Waals surface area contributed by atoms with Crippen LogP contribution in [0.2, 0.25) is 10.0 Å². The van der Waals surface area contributed by atoms with Gasteiger partial charge in [0.25, 0.3) is 0 Å². The molecule has 0 fully saturated rings. The molecule has 6 heteroatoms. The number of anilines is 1. The minimum absolute atomic E-state index is 0.157. The van der Waals surface area contributed by atoms with Crippen LogP contribution in [0.15, 0.2) is 42.5 Å². The zero-order chi connectivity index (χ0) is 18.8. The second-order valence-corrected chi connectivity index (χ2v) is 6.49. The van der Waals surface area contributed by atoms with E-state index in [0.717, 1.165) is 11.1 Å². The van der Waals surface area contributed by atoms with Crippen LogP contribution >= 0.6 is 23.2 Å². The fourth-order valence-corrected chi connectivity index (χ4v) is 3.48. The van der Waals surface area contributed by atoms with Crippen LogP contribution in [0.1, 0.15) is 11.3 Å². The summed E-state index contributed by atoms with van der Waals surface area (Å²) in [5.74, 6) is 0.821. The minimum atomic E-state index is 0.157. The SMILES string of the molecule is COc1ccccc1-c1c(C)nc(N)c(C#N)c1-c1ccc(Cl)cc1Cl. The van der Waals surface area contributed by atoms with Crippen molar-refractivity contribution in [2.24, 2.45) is 0 Å². The van der Waals surface area contributed by atoms with Crippen LogP contribution < -0.4 is 10.5 Å². The van der Waals surface area contributed by atoms with E-state index in [9.17, 15) is 5.26 Å². The van der Waals surface area contributed by atoms with Crippen molar-refractivity contribution in [2.75, 3.05) is 12.8 Å². The molecule has 0 bridgehead atoms. The molecule has 0 saturated carbocycles. The third-order valence-corrected chi connectivity index (χ3v) is 4.64. The molecule has 1 heterocycles. The van der Waals surface area contributed by atoms with Gasteiger partial charge in [0.2, 0.25) is 0 Å². The first-order valence-corrected chi connectivity index (χ1v) is 8.52. The Morgan fingerprint density at radius 1 is 1.08 bits per heavy atom. The first-order valence-electron chi connectivity index (χ1n) is 7.77. The number of aromatic nitrogens is 1. The molecule has 2 N–H and O–H groups in total. The summed E-state index contributed by atoms with van der Waals surface area (Å²) >= 11 is 12.5. The molecule has 3 aromatic rings. The maximum atomic E-state index is 9.72. The van der Waals surface area contributed by atoms with E-state index in [-0.39, 0.29) is 11.4 Å². The van der Waals surface area contributed by atoms with E-state index in [1.54, 1.807) is 25.3 Å². The van der Waals surface area contributed by atoms with Crippen LogP contribution in [-0.2, 0) is 0 Å². The summed E-state index contributed by atoms with van der Waals surface area (Å²) in [6.07, 6.45) is 0. The van der Waals surface area contributed by atoms with Crippen molar-refractivity contribution in [3.8, 4) is 34.1 Å². The summed E-state index contributed by atoms with van der Waals surface area (Å²) < 4.78 is 5.50. The molecule has 1 aromatic heterocycles. The summed E-state index contributed by atoms with van der Waals surface area (Å²) in [4.78, 5) is 4.36. The van der Waals surface area contributed by atoms with Crippen LogP contribution in [0.5, 0.6) is 5.75 Å². The van der Waals surface area contributed by atoms with Gasteiger partial charge in [0.05, 0.1) is 7.11 Å². The molecular formula is C20H15Cl2N3O. The number of hydrogen-bond donors (Lipinski definition) is 1. The highest BCUT2D eigenvalue weighted by atomic mass is 35.5. The Morgan fingerprint density at radius 3 is 2.46 bits per heavy atom. The van der Waals surface area contributed by atoms with Gasteiger partial charge in [-0.2, -0.15) is 5.26 Å². The normalized spacial score (nSPS) is 10.4. The summed E-state index contributed by atoms with van der Waals surface area (Å²) in [5.41, 5.74) is 9.79. The molecule has 0 aliphatic carbocycles. The largest absolute Gasteiger partial charge is 0.496 e. The van der Waals surface area contributed by atoms with Crippen LogP contribution in [0.3, 0.4) is 0 Å². The van der Waals surface area contributed by atoms with Crippen molar-refractivity contribution in [1.82, 2.24) is 4.98 Å². The molecular weight excluding hydrogens is 369 g/mol. The second kappa shape index (κ2) is 7.25. The highest BCUT2D eigenvalue weighted by molar-refractivity contribution is 6.36. The molecule has 0 aliphatic rings. The minimum Gasteiger partial charge on any atom is -0.496 e. The number of hydrogen-bond acceptors (Lipinski definition) is 4. The van der Waals surface area contributed by atoms with Gasteiger partial charge in [0, 0.05) is 38.0 Å². The van der Waals surface area contributed by atoms with E-state index >= 15 is 0 Å². The van der Waals surface area contributed by atoms with E-state index in [1.807, 2.05) is 31.2 Å². The summed E-state index contributed by atoms with van der Waals surface area (Å²) in [5, 5.41) is 10.7. The molecule has 0 amide bonds. The summed E-state index contributed by atoms with van der Waals surface area (Å²) in [6.45, 7) is 1.84. The quantitative estimate of drug-likeness (QED) is 0.648. The number of nitrogens with two attached hydrogens (primary N) is 1. The van der Waals surface area contributed by atoms with Crippen molar-refractivity contribution < 1.29 is 4.74 Å². The molecule has 3 rings (SSSR count). The van der Waals surface area contributed by atoms with Crippen LogP contribution in [0.4, 0.5) is 5.82 Å². The zero-order valence-electron chi connectivity index (χ0n) is 14.2. The Kier molecular flexibility index (Phi) is 5.03. The van der Waals surface area contributed by atoms with Crippen molar-refractivity contribution in [1.29, 1.82) is 5.26 Å². The van der Waals surface area contributed by atoms with Gasteiger partial charge in [-0.3, -0.25) is 0 Å². The monoisotopic (exact) mass is 383 g/mol. The summed E-state index contributed by atoms with van der Waals surface area (Å²) in [7, 11) is 1.60. The standard InChI is InChI=1S/C20H15Cl2N3O/c1-11-18(14-5-3-4-6-17(14)26-2)19(15(10-23)20(24)25-11)13-8-7-12(21)9-16(13)22/h3-9H,1-2H3,(H2,24,25). The highest BCUT2D eigenvalue weighted by Crippen LogP contribution is 2.44. The van der Waals surface area contributed by atoms with Gasteiger partial charge in [-0.1, -0.05) is 47.5 Å². The predicted octanol–water partition coefficient (Wildman–Crippen LogP) is 5.49. The number of nitrogen functional groups attached to an aromatic ring is 1. The number of ether oxygens (including phenoxy) is 1. The number of nitrogens with zero attached hydrogens (tertiary/aromatic N) is 2. The maximum Gasteiger partial charge on any atom is 0.142 e. The van der Waals surface area contributed by atoms with Crippen LogP contribution in [0.25, 0.3) is 22.3 Å². The number of halogens is 2. The fraction of sp³-hybridized carbons (Fsp3) is 0.100. The molecule has 26 heavy (non-hydrogen) atoms. The fourth-order valence-electron chi connectivity index (χ4n) is 2.98. The molecule has 130 valence electrons. The van der Waals surface area contributed by atoms with Crippen molar-refractivity contribution >= 4 is 29.0 Å². The molecule has 0 saturated heterocycles. The van der Waals surface area contributed by atoms with E-state index in [4.69, 9.17) is 33.7 Å². The van der Waals surface area contributed by atoms with E-state index in [2.05, 4.69) is 11.1 Å². The molecule has 0 aliphatic heterocycles. The number of methoxy groups -OCH3 is 1. The van der Waals surface area contributed by atoms with Crippen molar-refractivity contribution in [3.63, 3.8) is 0 Å². The molecule has 2 aromatic carbocycles. The predicted molar refractivity (Wildman–Crippen MR) is 106 cm³/mol. The third kappa shape index (κ3) is 3.08. The molecule has 0 unspecified atom stereocenters. The lowest BCUT2D eigenvalue weighted by molar-refractivity contribution is 0.416. The van der Waals surface area contributed by atoms with Gasteiger partial charge in [0.1, 0.15) is 23.2 Å². The third-order valence-electron chi connectivity index (χ3n) is 4.09. The van der Waals surface area contributed by atoms with Gasteiger partial charge in [-0.25, -0.2) is 4.98 Å². The number of benzene rings is 2. The Labute approximate surface area is 161 Å². The van der Waals surface area contributed by atoms with E-state index in [1.165, 1.54) is 0 Å². The lowest BCUT2D eigenvalue weighted by Gasteiger charge is -2.19. The van der Waals surface area contributed by atoms with Crippen molar-refractivity contribution in [3.05, 3.63) is 63.8 Å². The van der Waals surface area contributed by atoms with Gasteiger partial charge in [0.15, 0.2) is 0 Å². The Bertz CT molecular complexity index is 1040. The first kappa shape index (κ1) is 18.1. The molecule has 4 nitrogen and oxygen atoms in total. The number of aryl methyl sites for hydroxylation is 1. The number of nitriles is 1. The van der Waals surface area contributed by atoms with Gasteiger partial charge in [-0.05, 0) is 25.1 Å². The maximum absolute atomic E-state index is 9.72. The summed E-state index contributed by atoms with van der Waals surface area (Å²) in [6, 6.07) is 14.8. The molecule has 0 atom stereocenters. The smallest absolute Gasteiger partial charge is 0.142 e.